The van der Waals surface area contributed by atoms with Gasteiger partial charge in [0.1, 0.15) is 11.9 Å². The van der Waals surface area contributed by atoms with Gasteiger partial charge in [0, 0.05) is 37.8 Å². The number of rotatable bonds is 2. The number of piperidine rings is 1. The first kappa shape index (κ1) is 15.3. The summed E-state index contributed by atoms with van der Waals surface area (Å²) in [5.41, 5.74) is 0.507. The van der Waals surface area contributed by atoms with E-state index in [4.69, 9.17) is 9.26 Å². The summed E-state index contributed by atoms with van der Waals surface area (Å²) in [6, 6.07) is 2.39. The molecule has 2 aliphatic heterocycles. The van der Waals surface area contributed by atoms with Crippen LogP contribution in [0.15, 0.2) is 16.9 Å². The first-order chi connectivity index (χ1) is 10.4. The fourth-order valence-electron chi connectivity index (χ4n) is 3.48. The van der Waals surface area contributed by atoms with Gasteiger partial charge in [-0.25, -0.2) is 4.79 Å². The number of hydrogen-bond donors (Lipinski definition) is 0. The summed E-state index contributed by atoms with van der Waals surface area (Å²) in [7, 11) is 0. The molecule has 3 heterocycles. The Morgan fingerprint density at radius 3 is 2.59 bits per heavy atom. The van der Waals surface area contributed by atoms with E-state index in [0.717, 1.165) is 38.2 Å². The lowest BCUT2D eigenvalue weighted by Crippen LogP contribution is -2.62. The Balaban J connectivity index is 1.67. The smallest absolute Gasteiger partial charge is 0.410 e. The Kier molecular flexibility index (Phi) is 4.12. The SMILES string of the molecule is CC(C)(C)OC(=O)N1[C@H]2CCC[C@H]1CN(Cc1ccon1)C2. The van der Waals surface area contributed by atoms with Crippen LogP contribution in [0.1, 0.15) is 45.7 Å². The Morgan fingerprint density at radius 1 is 1.36 bits per heavy atom. The van der Waals surface area contributed by atoms with Crippen LogP contribution < -0.4 is 0 Å². The molecule has 1 aromatic rings. The minimum atomic E-state index is -0.441. The van der Waals surface area contributed by atoms with Crippen molar-refractivity contribution in [3.8, 4) is 0 Å². The van der Waals surface area contributed by atoms with Crippen molar-refractivity contribution >= 4 is 6.09 Å². The van der Waals surface area contributed by atoms with Crippen molar-refractivity contribution in [2.24, 2.45) is 0 Å². The molecule has 0 saturated carbocycles. The predicted octanol–water partition coefficient (Wildman–Crippen LogP) is 2.65. The summed E-state index contributed by atoms with van der Waals surface area (Å²) in [4.78, 5) is 16.9. The van der Waals surface area contributed by atoms with Crippen molar-refractivity contribution in [2.75, 3.05) is 13.1 Å². The van der Waals surface area contributed by atoms with Crippen molar-refractivity contribution in [3.63, 3.8) is 0 Å². The number of amides is 1. The average molecular weight is 307 g/mol. The van der Waals surface area contributed by atoms with Crippen LogP contribution in [0, 0.1) is 0 Å². The molecule has 1 aromatic heterocycles. The second kappa shape index (κ2) is 5.91. The van der Waals surface area contributed by atoms with Crippen LogP contribution in [0.4, 0.5) is 4.79 Å². The topological polar surface area (TPSA) is 58.8 Å². The molecule has 2 aliphatic rings. The van der Waals surface area contributed by atoms with Gasteiger partial charge < -0.3 is 9.26 Å². The molecule has 6 nitrogen and oxygen atoms in total. The van der Waals surface area contributed by atoms with Gasteiger partial charge in [-0.3, -0.25) is 9.80 Å². The van der Waals surface area contributed by atoms with Gasteiger partial charge in [0.25, 0.3) is 0 Å². The Morgan fingerprint density at radius 2 is 2.05 bits per heavy atom. The number of carbonyl (C=O) groups is 1. The molecule has 122 valence electrons. The fourth-order valence-corrected chi connectivity index (χ4v) is 3.48. The van der Waals surface area contributed by atoms with E-state index in [1.807, 2.05) is 31.7 Å². The molecule has 2 saturated heterocycles. The lowest BCUT2D eigenvalue weighted by atomic mass is 9.91. The van der Waals surface area contributed by atoms with Crippen LogP contribution in [0.2, 0.25) is 0 Å². The number of likely N-dealkylation sites (tertiary alicyclic amines) is 1. The van der Waals surface area contributed by atoms with Gasteiger partial charge in [0.15, 0.2) is 0 Å². The van der Waals surface area contributed by atoms with Gasteiger partial charge in [-0.1, -0.05) is 5.16 Å². The molecule has 2 bridgehead atoms. The van der Waals surface area contributed by atoms with E-state index < -0.39 is 5.60 Å². The molecule has 22 heavy (non-hydrogen) atoms. The van der Waals surface area contributed by atoms with E-state index in [9.17, 15) is 4.79 Å². The van der Waals surface area contributed by atoms with E-state index in [1.54, 1.807) is 6.26 Å². The number of nitrogens with zero attached hydrogens (tertiary/aromatic N) is 3. The molecule has 2 atom stereocenters. The van der Waals surface area contributed by atoms with E-state index in [-0.39, 0.29) is 18.2 Å². The molecular formula is C16H25N3O3. The van der Waals surface area contributed by atoms with Crippen molar-refractivity contribution in [1.82, 2.24) is 15.0 Å². The molecule has 0 N–H and O–H groups in total. The van der Waals surface area contributed by atoms with Gasteiger partial charge in [-0.2, -0.15) is 0 Å². The first-order valence-electron chi connectivity index (χ1n) is 8.05. The highest BCUT2D eigenvalue weighted by Gasteiger charge is 2.41. The van der Waals surface area contributed by atoms with Crippen LogP contribution in [0.3, 0.4) is 0 Å². The number of piperazine rings is 1. The van der Waals surface area contributed by atoms with Crippen LogP contribution >= 0.6 is 0 Å². The largest absolute Gasteiger partial charge is 0.444 e. The van der Waals surface area contributed by atoms with Crippen molar-refractivity contribution in [3.05, 3.63) is 18.0 Å². The first-order valence-corrected chi connectivity index (χ1v) is 8.05. The maximum Gasteiger partial charge on any atom is 0.410 e. The minimum absolute atomic E-state index is 0.164. The maximum atomic E-state index is 12.5. The minimum Gasteiger partial charge on any atom is -0.444 e. The Bertz CT molecular complexity index is 495. The highest BCUT2D eigenvalue weighted by Crippen LogP contribution is 2.30. The third-order valence-electron chi connectivity index (χ3n) is 4.28. The number of carbonyl (C=O) groups excluding carboxylic acids is 1. The third-order valence-corrected chi connectivity index (χ3v) is 4.28. The van der Waals surface area contributed by atoms with E-state index in [2.05, 4.69) is 10.1 Å². The highest BCUT2D eigenvalue weighted by atomic mass is 16.6. The maximum absolute atomic E-state index is 12.5. The molecule has 0 aromatic carbocycles. The second-order valence-corrected chi connectivity index (χ2v) is 7.31. The molecule has 0 unspecified atom stereocenters. The quantitative estimate of drug-likeness (QED) is 0.840. The lowest BCUT2D eigenvalue weighted by molar-refractivity contribution is -0.0393. The zero-order valence-electron chi connectivity index (χ0n) is 13.6. The van der Waals surface area contributed by atoms with Crippen molar-refractivity contribution in [2.45, 2.75) is 64.3 Å². The Hall–Kier alpha value is -1.56. The molecule has 0 aliphatic carbocycles. The number of fused-ring (bicyclic) bond motifs is 2. The zero-order chi connectivity index (χ0) is 15.7. The summed E-state index contributed by atoms with van der Waals surface area (Å²) in [5.74, 6) is 0. The number of aromatic nitrogens is 1. The molecule has 3 rings (SSSR count). The number of ether oxygens (including phenoxy) is 1. The van der Waals surface area contributed by atoms with E-state index in [0.29, 0.717) is 0 Å². The van der Waals surface area contributed by atoms with Crippen LogP contribution in [-0.4, -0.2) is 51.8 Å². The molecule has 6 heteroatoms. The summed E-state index contributed by atoms with van der Waals surface area (Å²) in [6.45, 7) is 8.29. The van der Waals surface area contributed by atoms with Crippen LogP contribution in [0.25, 0.3) is 0 Å². The molecule has 1 amide bonds. The lowest BCUT2D eigenvalue weighted by Gasteiger charge is -2.49. The monoisotopic (exact) mass is 307 g/mol. The van der Waals surface area contributed by atoms with E-state index >= 15 is 0 Å². The van der Waals surface area contributed by atoms with Gasteiger partial charge >= 0.3 is 6.09 Å². The fraction of sp³-hybridized carbons (Fsp3) is 0.750. The summed E-state index contributed by atoms with van der Waals surface area (Å²) in [5, 5.41) is 3.98. The Labute approximate surface area is 131 Å². The molecule has 0 spiro atoms. The summed E-state index contributed by atoms with van der Waals surface area (Å²) >= 11 is 0. The normalized spacial score (nSPS) is 26.0. The van der Waals surface area contributed by atoms with Crippen molar-refractivity contribution in [1.29, 1.82) is 0 Å². The standard InChI is InChI=1S/C16H25N3O3/c1-16(2,3)22-15(20)19-13-5-4-6-14(19)11-18(10-13)9-12-7-8-21-17-12/h7-8,13-14H,4-6,9-11H2,1-3H3/t13-,14-/m0/s1. The van der Waals surface area contributed by atoms with Gasteiger partial charge in [-0.15, -0.1) is 0 Å². The zero-order valence-corrected chi connectivity index (χ0v) is 13.6. The van der Waals surface area contributed by atoms with Gasteiger partial charge in [0.2, 0.25) is 0 Å². The highest BCUT2D eigenvalue weighted by molar-refractivity contribution is 5.69. The predicted molar refractivity (Wildman–Crippen MR) is 81.3 cm³/mol. The second-order valence-electron chi connectivity index (χ2n) is 7.31. The summed E-state index contributed by atoms with van der Waals surface area (Å²) in [6.07, 6.45) is 4.72. The van der Waals surface area contributed by atoms with Crippen LogP contribution in [-0.2, 0) is 11.3 Å². The average Bonchev–Trinajstić information content (AvgIpc) is 2.88. The summed E-state index contributed by atoms with van der Waals surface area (Å²) < 4.78 is 10.5. The van der Waals surface area contributed by atoms with E-state index in [1.165, 1.54) is 6.42 Å². The van der Waals surface area contributed by atoms with Crippen LogP contribution in [0.5, 0.6) is 0 Å². The molecule has 0 radical (unpaired) electrons. The van der Waals surface area contributed by atoms with Gasteiger partial charge in [0.05, 0.1) is 5.69 Å². The number of hydrogen-bond acceptors (Lipinski definition) is 5. The molecular weight excluding hydrogens is 282 g/mol. The molecule has 2 fully saturated rings. The van der Waals surface area contributed by atoms with Crippen molar-refractivity contribution < 1.29 is 14.1 Å². The third kappa shape index (κ3) is 3.43. The van der Waals surface area contributed by atoms with Gasteiger partial charge in [-0.05, 0) is 40.0 Å².